The molecule has 0 spiro atoms. The first-order valence-electron chi connectivity index (χ1n) is 6.83. The topological polar surface area (TPSA) is 59.9 Å². The first-order chi connectivity index (χ1) is 9.63. The van der Waals surface area contributed by atoms with Gasteiger partial charge in [-0.2, -0.15) is 0 Å². The van der Waals surface area contributed by atoms with E-state index >= 15 is 0 Å². The minimum atomic E-state index is 0.175. The molecule has 0 aliphatic carbocycles. The van der Waals surface area contributed by atoms with Crippen molar-refractivity contribution in [3.8, 4) is 9.88 Å². The smallest absolute Gasteiger partial charge is 0.206 e. The lowest BCUT2D eigenvalue weighted by atomic mass is 10.2. The van der Waals surface area contributed by atoms with Crippen LogP contribution in [0.1, 0.15) is 43.5 Å². The van der Waals surface area contributed by atoms with Crippen LogP contribution in [0.3, 0.4) is 0 Å². The van der Waals surface area contributed by atoms with Crippen molar-refractivity contribution in [2.24, 2.45) is 0 Å². The van der Waals surface area contributed by atoms with Gasteiger partial charge < -0.3 is 10.1 Å². The molecule has 3 rings (SSSR count). The van der Waals surface area contributed by atoms with E-state index in [0.717, 1.165) is 45.2 Å². The summed E-state index contributed by atoms with van der Waals surface area (Å²) in [5.74, 6) is 0. The molecule has 0 amide bonds. The summed E-state index contributed by atoms with van der Waals surface area (Å²) in [6.07, 6.45) is 2.37. The van der Waals surface area contributed by atoms with Crippen molar-refractivity contribution in [1.29, 1.82) is 0 Å². The van der Waals surface area contributed by atoms with Crippen LogP contribution in [0.5, 0.6) is 0 Å². The van der Waals surface area contributed by atoms with Gasteiger partial charge in [-0.1, -0.05) is 11.3 Å². The van der Waals surface area contributed by atoms with Crippen LogP contribution in [0.4, 0.5) is 5.13 Å². The average Bonchev–Trinajstić information content (AvgIpc) is 3.07. The van der Waals surface area contributed by atoms with Gasteiger partial charge in [0.15, 0.2) is 5.01 Å². The number of hydrogen-bond acceptors (Lipinski definition) is 7. The van der Waals surface area contributed by atoms with Gasteiger partial charge in [0.05, 0.1) is 10.6 Å². The highest BCUT2D eigenvalue weighted by molar-refractivity contribution is 7.23. The van der Waals surface area contributed by atoms with Gasteiger partial charge in [-0.05, 0) is 33.6 Å². The van der Waals surface area contributed by atoms with Crippen LogP contribution >= 0.6 is 22.7 Å². The third kappa shape index (κ3) is 2.84. The number of nitrogens with one attached hydrogen (secondary N) is 1. The van der Waals surface area contributed by atoms with E-state index in [-0.39, 0.29) is 6.10 Å². The fraction of sp³-hybridized carbons (Fsp3) is 0.615. The first-order valence-corrected chi connectivity index (χ1v) is 8.46. The second-order valence-electron chi connectivity index (χ2n) is 5.18. The Hall–Kier alpha value is -1.05. The molecule has 0 bridgehead atoms. The first kappa shape index (κ1) is 13.9. The Morgan fingerprint density at radius 3 is 2.85 bits per heavy atom. The van der Waals surface area contributed by atoms with E-state index in [9.17, 15) is 0 Å². The van der Waals surface area contributed by atoms with Gasteiger partial charge in [-0.3, -0.25) is 0 Å². The summed E-state index contributed by atoms with van der Waals surface area (Å²) in [6, 6.07) is 0.362. The third-order valence-corrected chi connectivity index (χ3v) is 5.31. The van der Waals surface area contributed by atoms with E-state index < -0.39 is 0 Å². The standard InChI is InChI=1S/C13H18N4OS2/c1-7(2)14-13-17-16-12(20-13)10-8(3)15-11(19-10)9-5-4-6-18-9/h7,9H,4-6H2,1-3H3,(H,14,17). The molecule has 7 heteroatoms. The number of nitrogens with zero attached hydrogens (tertiary/aromatic N) is 3. The van der Waals surface area contributed by atoms with E-state index in [0.29, 0.717) is 6.04 Å². The molecule has 1 atom stereocenters. The van der Waals surface area contributed by atoms with E-state index in [4.69, 9.17) is 4.74 Å². The van der Waals surface area contributed by atoms with Crippen molar-refractivity contribution in [1.82, 2.24) is 15.2 Å². The van der Waals surface area contributed by atoms with Gasteiger partial charge in [0, 0.05) is 12.6 Å². The van der Waals surface area contributed by atoms with Crippen LogP contribution in [-0.2, 0) is 4.74 Å². The largest absolute Gasteiger partial charge is 0.371 e. The van der Waals surface area contributed by atoms with Crippen molar-refractivity contribution in [2.45, 2.75) is 45.8 Å². The van der Waals surface area contributed by atoms with Gasteiger partial charge in [-0.15, -0.1) is 21.5 Å². The Labute approximate surface area is 126 Å². The highest BCUT2D eigenvalue weighted by atomic mass is 32.1. The maximum absolute atomic E-state index is 5.70. The van der Waals surface area contributed by atoms with E-state index in [1.165, 1.54) is 0 Å². The predicted molar refractivity (Wildman–Crippen MR) is 82.4 cm³/mol. The molecule has 5 nitrogen and oxygen atoms in total. The van der Waals surface area contributed by atoms with E-state index in [1.807, 2.05) is 6.92 Å². The number of hydrogen-bond donors (Lipinski definition) is 1. The molecule has 20 heavy (non-hydrogen) atoms. The zero-order valence-corrected chi connectivity index (χ0v) is 13.5. The van der Waals surface area contributed by atoms with Gasteiger partial charge >= 0.3 is 0 Å². The number of ether oxygens (including phenoxy) is 1. The summed E-state index contributed by atoms with van der Waals surface area (Å²) in [7, 11) is 0. The van der Waals surface area contributed by atoms with Crippen LogP contribution in [0.15, 0.2) is 0 Å². The molecule has 0 aromatic carbocycles. The fourth-order valence-corrected chi connectivity index (χ4v) is 4.31. The van der Waals surface area contributed by atoms with Crippen LogP contribution in [0, 0.1) is 6.92 Å². The molecular formula is C13H18N4OS2. The zero-order chi connectivity index (χ0) is 14.1. The number of anilines is 1. The molecule has 2 aromatic heterocycles. The minimum absolute atomic E-state index is 0.175. The Morgan fingerprint density at radius 2 is 2.15 bits per heavy atom. The summed E-state index contributed by atoms with van der Waals surface area (Å²) in [6.45, 7) is 7.06. The van der Waals surface area contributed by atoms with E-state index in [2.05, 4.69) is 34.3 Å². The Kier molecular flexibility index (Phi) is 4.00. The maximum Gasteiger partial charge on any atom is 0.206 e. The molecular weight excluding hydrogens is 292 g/mol. The highest BCUT2D eigenvalue weighted by Gasteiger charge is 2.24. The summed E-state index contributed by atoms with van der Waals surface area (Å²) in [5.41, 5.74) is 1.02. The lowest BCUT2D eigenvalue weighted by molar-refractivity contribution is 0.111. The average molecular weight is 310 g/mol. The minimum Gasteiger partial charge on any atom is -0.371 e. The Bertz CT molecular complexity index is 587. The third-order valence-electron chi connectivity index (χ3n) is 3.05. The van der Waals surface area contributed by atoms with Crippen LogP contribution < -0.4 is 5.32 Å². The van der Waals surface area contributed by atoms with Gasteiger partial charge in [0.2, 0.25) is 5.13 Å². The molecule has 1 unspecified atom stereocenters. The molecule has 1 fully saturated rings. The van der Waals surface area contributed by atoms with Crippen molar-refractivity contribution >= 4 is 27.8 Å². The van der Waals surface area contributed by atoms with Gasteiger partial charge in [0.1, 0.15) is 11.1 Å². The fourth-order valence-electron chi connectivity index (χ4n) is 2.15. The normalized spacial score (nSPS) is 18.9. The summed E-state index contributed by atoms with van der Waals surface area (Å²) >= 11 is 3.27. The number of thiazole rings is 1. The summed E-state index contributed by atoms with van der Waals surface area (Å²) < 4.78 is 5.70. The van der Waals surface area contributed by atoms with E-state index in [1.54, 1.807) is 22.7 Å². The summed E-state index contributed by atoms with van der Waals surface area (Å²) in [5, 5.41) is 14.6. The zero-order valence-electron chi connectivity index (χ0n) is 11.8. The number of rotatable bonds is 4. The van der Waals surface area contributed by atoms with Crippen molar-refractivity contribution in [3.05, 3.63) is 10.7 Å². The number of aromatic nitrogens is 3. The summed E-state index contributed by atoms with van der Waals surface area (Å²) in [4.78, 5) is 5.77. The quantitative estimate of drug-likeness (QED) is 0.934. The lowest BCUT2D eigenvalue weighted by Crippen LogP contribution is -2.08. The van der Waals surface area contributed by atoms with Gasteiger partial charge in [0.25, 0.3) is 0 Å². The molecule has 1 saturated heterocycles. The van der Waals surface area contributed by atoms with Crippen LogP contribution in [0.2, 0.25) is 0 Å². The van der Waals surface area contributed by atoms with Gasteiger partial charge in [-0.25, -0.2) is 4.98 Å². The number of aryl methyl sites for hydroxylation is 1. The predicted octanol–water partition coefficient (Wildman–Crippen LogP) is 3.64. The second-order valence-corrected chi connectivity index (χ2v) is 7.19. The maximum atomic E-state index is 5.70. The molecule has 108 valence electrons. The second kappa shape index (κ2) is 5.75. The molecule has 1 aliphatic rings. The molecule has 1 aliphatic heterocycles. The highest BCUT2D eigenvalue weighted by Crippen LogP contribution is 2.39. The van der Waals surface area contributed by atoms with Crippen LogP contribution in [-0.4, -0.2) is 27.8 Å². The molecule has 0 saturated carbocycles. The van der Waals surface area contributed by atoms with Crippen molar-refractivity contribution in [3.63, 3.8) is 0 Å². The molecule has 0 radical (unpaired) electrons. The SMILES string of the molecule is Cc1nc(C2CCCO2)sc1-c1nnc(NC(C)C)s1. The molecule has 2 aromatic rings. The Morgan fingerprint density at radius 1 is 1.30 bits per heavy atom. The van der Waals surface area contributed by atoms with Crippen LogP contribution in [0.25, 0.3) is 9.88 Å². The Balaban J connectivity index is 1.84. The molecule has 1 N–H and O–H groups in total. The van der Waals surface area contributed by atoms with Crippen molar-refractivity contribution < 1.29 is 4.74 Å². The van der Waals surface area contributed by atoms with Crippen molar-refractivity contribution in [2.75, 3.05) is 11.9 Å². The molecule has 3 heterocycles. The lowest BCUT2D eigenvalue weighted by Gasteiger charge is -2.03. The monoisotopic (exact) mass is 310 g/mol.